The molecular formula is C21H39IN4O2. The fourth-order valence-corrected chi connectivity index (χ4v) is 3.69. The summed E-state index contributed by atoms with van der Waals surface area (Å²) in [4.78, 5) is 9.62. The molecule has 0 spiro atoms. The minimum atomic E-state index is 0. The molecule has 1 saturated heterocycles. The number of furan rings is 1. The molecule has 0 bridgehead atoms. The van der Waals surface area contributed by atoms with Crippen LogP contribution in [0.15, 0.2) is 27.8 Å². The smallest absolute Gasteiger partial charge is 0.193 e. The minimum Gasteiger partial charge on any atom is -0.468 e. The van der Waals surface area contributed by atoms with Crippen LogP contribution in [-0.2, 0) is 4.74 Å². The summed E-state index contributed by atoms with van der Waals surface area (Å²) in [5.74, 6) is 2.74. The molecule has 1 unspecified atom stereocenters. The maximum atomic E-state index is 5.70. The number of aliphatic imine (C=N–C) groups is 1. The molecule has 1 fully saturated rings. The van der Waals surface area contributed by atoms with E-state index in [1.807, 2.05) is 6.07 Å². The van der Waals surface area contributed by atoms with Crippen LogP contribution in [0.5, 0.6) is 0 Å². The number of halogens is 1. The van der Waals surface area contributed by atoms with E-state index in [0.717, 1.165) is 57.0 Å². The molecular weight excluding hydrogens is 467 g/mol. The second kappa shape index (κ2) is 14.2. The normalized spacial score (nSPS) is 16.7. The Morgan fingerprint density at radius 3 is 2.54 bits per heavy atom. The molecule has 162 valence electrons. The molecule has 1 aliphatic heterocycles. The molecule has 0 aromatic carbocycles. The van der Waals surface area contributed by atoms with Crippen molar-refractivity contribution in [2.24, 2.45) is 10.9 Å². The van der Waals surface area contributed by atoms with E-state index in [2.05, 4.69) is 49.0 Å². The molecule has 0 saturated carbocycles. The lowest BCUT2D eigenvalue weighted by atomic mass is 9.96. The molecule has 1 N–H and O–H groups in total. The van der Waals surface area contributed by atoms with Gasteiger partial charge in [0, 0.05) is 33.4 Å². The zero-order valence-electron chi connectivity index (χ0n) is 18.0. The molecule has 2 heterocycles. The van der Waals surface area contributed by atoms with Gasteiger partial charge in [0.15, 0.2) is 5.96 Å². The number of hydrogen-bond donors (Lipinski definition) is 1. The van der Waals surface area contributed by atoms with Gasteiger partial charge in [-0.2, -0.15) is 0 Å². The molecule has 1 atom stereocenters. The third kappa shape index (κ3) is 7.91. The minimum absolute atomic E-state index is 0. The number of nitrogens with zero attached hydrogens (tertiary/aromatic N) is 3. The van der Waals surface area contributed by atoms with Crippen molar-refractivity contribution in [1.82, 2.24) is 15.1 Å². The summed E-state index contributed by atoms with van der Waals surface area (Å²) < 4.78 is 11.2. The predicted octanol–water partition coefficient (Wildman–Crippen LogP) is 3.99. The van der Waals surface area contributed by atoms with Crippen LogP contribution in [0.2, 0.25) is 0 Å². The maximum Gasteiger partial charge on any atom is 0.193 e. The molecule has 1 aromatic rings. The van der Waals surface area contributed by atoms with Crippen molar-refractivity contribution in [3.8, 4) is 0 Å². The van der Waals surface area contributed by atoms with Crippen LogP contribution in [0.3, 0.4) is 0 Å². The second-order valence-corrected chi connectivity index (χ2v) is 7.21. The first kappa shape index (κ1) is 25.2. The van der Waals surface area contributed by atoms with Crippen molar-refractivity contribution in [2.75, 3.05) is 53.0 Å². The Labute approximate surface area is 188 Å². The molecule has 6 nitrogen and oxygen atoms in total. The lowest BCUT2D eigenvalue weighted by Crippen LogP contribution is -2.41. The van der Waals surface area contributed by atoms with Crippen LogP contribution in [0.1, 0.15) is 51.8 Å². The Morgan fingerprint density at radius 2 is 1.96 bits per heavy atom. The van der Waals surface area contributed by atoms with Crippen molar-refractivity contribution in [2.45, 2.75) is 46.1 Å². The van der Waals surface area contributed by atoms with E-state index in [9.17, 15) is 0 Å². The molecule has 0 aliphatic carbocycles. The van der Waals surface area contributed by atoms with E-state index in [4.69, 9.17) is 14.1 Å². The predicted molar refractivity (Wildman–Crippen MR) is 127 cm³/mol. The third-order valence-electron chi connectivity index (χ3n) is 5.45. The molecule has 0 amide bonds. The van der Waals surface area contributed by atoms with Crippen LogP contribution in [0.25, 0.3) is 0 Å². The van der Waals surface area contributed by atoms with Gasteiger partial charge in [-0.25, -0.2) is 0 Å². The maximum absolute atomic E-state index is 5.70. The SMILES string of the molecule is CCNC(=NCC(c1ccco1)N(CC)CC)N(C)CCC1CCOCC1.I. The zero-order chi connectivity index (χ0) is 19.5. The second-order valence-electron chi connectivity index (χ2n) is 7.21. The number of rotatable bonds is 10. The Kier molecular flexibility index (Phi) is 12.8. The Bertz CT molecular complexity index is 529. The summed E-state index contributed by atoms with van der Waals surface area (Å²) in [5.41, 5.74) is 0. The molecule has 1 aliphatic rings. The third-order valence-corrected chi connectivity index (χ3v) is 5.45. The largest absolute Gasteiger partial charge is 0.468 e. The van der Waals surface area contributed by atoms with E-state index in [0.29, 0.717) is 6.54 Å². The number of nitrogens with one attached hydrogen (secondary N) is 1. The summed E-state index contributed by atoms with van der Waals surface area (Å²) in [5, 5.41) is 3.45. The van der Waals surface area contributed by atoms with Crippen molar-refractivity contribution < 1.29 is 9.15 Å². The lowest BCUT2D eigenvalue weighted by Gasteiger charge is -2.29. The molecule has 0 radical (unpaired) electrons. The van der Waals surface area contributed by atoms with Crippen LogP contribution in [0.4, 0.5) is 0 Å². The monoisotopic (exact) mass is 506 g/mol. The Morgan fingerprint density at radius 1 is 1.25 bits per heavy atom. The van der Waals surface area contributed by atoms with Gasteiger partial charge in [-0.1, -0.05) is 13.8 Å². The van der Waals surface area contributed by atoms with Crippen LogP contribution >= 0.6 is 24.0 Å². The average Bonchev–Trinajstić information content (AvgIpc) is 3.23. The Hall–Kier alpha value is -0.800. The van der Waals surface area contributed by atoms with E-state index in [1.54, 1.807) is 6.26 Å². The van der Waals surface area contributed by atoms with E-state index in [1.165, 1.54) is 19.3 Å². The van der Waals surface area contributed by atoms with E-state index in [-0.39, 0.29) is 30.0 Å². The summed E-state index contributed by atoms with van der Waals surface area (Å²) >= 11 is 0. The van der Waals surface area contributed by atoms with Crippen molar-refractivity contribution in [3.63, 3.8) is 0 Å². The topological polar surface area (TPSA) is 53.2 Å². The van der Waals surface area contributed by atoms with Crippen molar-refractivity contribution in [3.05, 3.63) is 24.2 Å². The van der Waals surface area contributed by atoms with Gasteiger partial charge in [-0.15, -0.1) is 24.0 Å². The van der Waals surface area contributed by atoms with Crippen LogP contribution < -0.4 is 5.32 Å². The molecule has 2 rings (SSSR count). The van der Waals surface area contributed by atoms with Gasteiger partial charge in [0.25, 0.3) is 0 Å². The number of guanidine groups is 1. The fraction of sp³-hybridized carbons (Fsp3) is 0.762. The first-order chi connectivity index (χ1) is 13.2. The quantitative estimate of drug-likeness (QED) is 0.296. The highest BCUT2D eigenvalue weighted by Crippen LogP contribution is 2.22. The van der Waals surface area contributed by atoms with Gasteiger partial charge in [0.05, 0.1) is 18.8 Å². The van der Waals surface area contributed by atoms with Gasteiger partial charge in [-0.05, 0) is 57.3 Å². The Balaban J connectivity index is 0.00000392. The highest BCUT2D eigenvalue weighted by atomic mass is 127. The van der Waals surface area contributed by atoms with Gasteiger partial charge in [0.1, 0.15) is 5.76 Å². The van der Waals surface area contributed by atoms with Crippen molar-refractivity contribution in [1.29, 1.82) is 0 Å². The first-order valence-corrected chi connectivity index (χ1v) is 10.5. The standard InChI is InChI=1S/C21H38N4O2.HI/c1-5-22-21(24(4)13-10-18-11-15-26-16-12-18)23-17-19(25(6-2)7-3)20-9-8-14-27-20;/h8-9,14,18-19H,5-7,10-13,15-17H2,1-4H3,(H,22,23);1H. The highest BCUT2D eigenvalue weighted by molar-refractivity contribution is 14.0. The lowest BCUT2D eigenvalue weighted by molar-refractivity contribution is 0.0625. The van der Waals surface area contributed by atoms with E-state index >= 15 is 0 Å². The van der Waals surface area contributed by atoms with Crippen LogP contribution in [-0.4, -0.2) is 68.7 Å². The van der Waals surface area contributed by atoms with E-state index < -0.39 is 0 Å². The van der Waals surface area contributed by atoms with Gasteiger partial charge >= 0.3 is 0 Å². The summed E-state index contributed by atoms with van der Waals surface area (Å²) in [6.45, 7) is 12.9. The van der Waals surface area contributed by atoms with Gasteiger partial charge < -0.3 is 19.4 Å². The zero-order valence-corrected chi connectivity index (χ0v) is 20.4. The van der Waals surface area contributed by atoms with Crippen molar-refractivity contribution >= 4 is 29.9 Å². The molecule has 28 heavy (non-hydrogen) atoms. The highest BCUT2D eigenvalue weighted by Gasteiger charge is 2.21. The molecule has 7 heteroatoms. The van der Waals surface area contributed by atoms with Gasteiger partial charge in [0.2, 0.25) is 0 Å². The summed E-state index contributed by atoms with van der Waals surface area (Å²) in [6, 6.07) is 4.19. The van der Waals surface area contributed by atoms with Crippen LogP contribution in [0, 0.1) is 5.92 Å². The average molecular weight is 506 g/mol. The summed E-state index contributed by atoms with van der Waals surface area (Å²) in [6.07, 6.45) is 5.32. The van der Waals surface area contributed by atoms with Gasteiger partial charge in [-0.3, -0.25) is 9.89 Å². The number of hydrogen-bond acceptors (Lipinski definition) is 4. The summed E-state index contributed by atoms with van der Waals surface area (Å²) in [7, 11) is 2.14. The number of ether oxygens (including phenoxy) is 1. The first-order valence-electron chi connectivity index (χ1n) is 10.5. The molecule has 1 aromatic heterocycles. The number of likely N-dealkylation sites (N-methyl/N-ethyl adjacent to an activating group) is 1. The fourth-order valence-electron chi connectivity index (χ4n) is 3.69.